The number of likely N-dealkylation sites (tertiary alicyclic amines) is 1. The number of hydrogen-bond acceptors (Lipinski definition) is 4. The van der Waals surface area contributed by atoms with Crippen molar-refractivity contribution in [3.8, 4) is 11.3 Å². The molecule has 0 spiro atoms. The van der Waals surface area contributed by atoms with Crippen molar-refractivity contribution < 1.29 is 19.1 Å². The number of carboxylic acids is 1. The van der Waals surface area contributed by atoms with Crippen molar-refractivity contribution in [2.24, 2.45) is 5.92 Å². The minimum Gasteiger partial charge on any atom is -0.481 e. The molecule has 1 N–H and O–H groups in total. The van der Waals surface area contributed by atoms with Gasteiger partial charge in [-0.1, -0.05) is 23.7 Å². The molecule has 1 aromatic carbocycles. The Hall–Kier alpha value is -2.34. The lowest BCUT2D eigenvalue weighted by Crippen LogP contribution is -2.42. The van der Waals surface area contributed by atoms with Gasteiger partial charge in [0, 0.05) is 18.7 Å². The molecule has 7 heteroatoms. The van der Waals surface area contributed by atoms with Crippen molar-refractivity contribution in [1.29, 1.82) is 0 Å². The monoisotopic (exact) mass is 334 g/mol. The highest BCUT2D eigenvalue weighted by Crippen LogP contribution is 2.31. The van der Waals surface area contributed by atoms with Gasteiger partial charge in [0.1, 0.15) is 0 Å². The highest BCUT2D eigenvalue weighted by molar-refractivity contribution is 6.33. The van der Waals surface area contributed by atoms with E-state index in [4.69, 9.17) is 21.1 Å². The van der Waals surface area contributed by atoms with Gasteiger partial charge >= 0.3 is 5.97 Å². The first-order valence-electron chi connectivity index (χ1n) is 7.28. The molecular formula is C16H15ClN2O4. The summed E-state index contributed by atoms with van der Waals surface area (Å²) in [5, 5.41) is 9.61. The zero-order valence-electron chi connectivity index (χ0n) is 12.2. The van der Waals surface area contributed by atoms with E-state index in [1.54, 1.807) is 24.3 Å². The number of nitrogens with zero attached hydrogens (tertiary/aromatic N) is 2. The number of oxazole rings is 1. The lowest BCUT2D eigenvalue weighted by atomic mass is 9.98. The molecule has 6 nitrogen and oxygen atoms in total. The van der Waals surface area contributed by atoms with Gasteiger partial charge in [0.2, 0.25) is 0 Å². The summed E-state index contributed by atoms with van der Waals surface area (Å²) in [5.41, 5.74) is 0.742. The molecule has 1 fully saturated rings. The number of rotatable bonds is 3. The van der Waals surface area contributed by atoms with Crippen LogP contribution in [0.2, 0.25) is 5.02 Å². The van der Waals surface area contributed by atoms with Gasteiger partial charge in [0.25, 0.3) is 5.91 Å². The Balaban J connectivity index is 1.88. The molecule has 1 aliphatic rings. The number of carbonyl (C=O) groups is 2. The Bertz CT molecular complexity index is 743. The number of carbonyl (C=O) groups excluding carboxylic acids is 1. The highest BCUT2D eigenvalue weighted by atomic mass is 35.5. The highest BCUT2D eigenvalue weighted by Gasteiger charge is 2.31. The van der Waals surface area contributed by atoms with Gasteiger partial charge in [0.15, 0.2) is 17.8 Å². The molecule has 120 valence electrons. The van der Waals surface area contributed by atoms with Crippen molar-refractivity contribution in [1.82, 2.24) is 9.88 Å². The first kappa shape index (κ1) is 15.6. The summed E-state index contributed by atoms with van der Waals surface area (Å²) in [6, 6.07) is 7.02. The second-order valence-electron chi connectivity index (χ2n) is 5.44. The number of aliphatic carboxylic acids is 1. The lowest BCUT2D eigenvalue weighted by molar-refractivity contribution is -0.143. The van der Waals surface area contributed by atoms with Gasteiger partial charge in [0.05, 0.1) is 10.9 Å². The predicted octanol–water partition coefficient (Wildman–Crippen LogP) is 2.93. The fourth-order valence-corrected chi connectivity index (χ4v) is 2.97. The van der Waals surface area contributed by atoms with Crippen molar-refractivity contribution in [3.05, 3.63) is 41.4 Å². The summed E-state index contributed by atoms with van der Waals surface area (Å²) in [5.74, 6) is -1.45. The maximum Gasteiger partial charge on any atom is 0.308 e. The molecule has 1 aliphatic heterocycles. The van der Waals surface area contributed by atoms with Crippen LogP contribution < -0.4 is 0 Å². The first-order valence-corrected chi connectivity index (χ1v) is 7.66. The Labute approximate surface area is 137 Å². The fraction of sp³-hybridized carbons (Fsp3) is 0.312. The molecule has 1 unspecified atom stereocenters. The van der Waals surface area contributed by atoms with Gasteiger partial charge in [-0.25, -0.2) is 4.98 Å². The van der Waals surface area contributed by atoms with E-state index < -0.39 is 11.9 Å². The lowest BCUT2D eigenvalue weighted by Gasteiger charge is -2.30. The zero-order valence-corrected chi connectivity index (χ0v) is 13.0. The Morgan fingerprint density at radius 1 is 1.35 bits per heavy atom. The van der Waals surface area contributed by atoms with Crippen LogP contribution in [0, 0.1) is 5.92 Å². The molecule has 1 saturated heterocycles. The van der Waals surface area contributed by atoms with Gasteiger partial charge in [-0.05, 0) is 25.0 Å². The third-order valence-corrected chi connectivity index (χ3v) is 4.28. The molecule has 0 saturated carbocycles. The number of piperidine rings is 1. The van der Waals surface area contributed by atoms with E-state index >= 15 is 0 Å². The smallest absolute Gasteiger partial charge is 0.308 e. The van der Waals surface area contributed by atoms with Crippen LogP contribution in [0.4, 0.5) is 0 Å². The fourth-order valence-electron chi connectivity index (χ4n) is 2.75. The molecule has 23 heavy (non-hydrogen) atoms. The van der Waals surface area contributed by atoms with Gasteiger partial charge in [-0.3, -0.25) is 9.59 Å². The standard InChI is InChI=1S/C16H15ClN2O4/c17-12-6-2-1-5-11(12)14-13(18-9-23-14)15(20)19-7-3-4-10(8-19)16(21)22/h1-2,5-6,9-10H,3-4,7-8H2,(H,21,22). The molecule has 0 bridgehead atoms. The number of halogens is 1. The average Bonchev–Trinajstić information content (AvgIpc) is 3.04. The van der Waals surface area contributed by atoms with Gasteiger partial charge < -0.3 is 14.4 Å². The maximum atomic E-state index is 12.7. The van der Waals surface area contributed by atoms with E-state index in [9.17, 15) is 9.59 Å². The summed E-state index contributed by atoms with van der Waals surface area (Å²) in [4.78, 5) is 29.4. The van der Waals surface area contributed by atoms with Crippen LogP contribution in [0.3, 0.4) is 0 Å². The summed E-state index contributed by atoms with van der Waals surface area (Å²) in [7, 11) is 0. The SMILES string of the molecule is O=C(O)C1CCCN(C(=O)c2ncoc2-c2ccccc2Cl)C1. The topological polar surface area (TPSA) is 83.6 Å². The van der Waals surface area contributed by atoms with Gasteiger partial charge in [-0.2, -0.15) is 0 Å². The van der Waals surface area contributed by atoms with E-state index in [1.807, 2.05) is 0 Å². The molecule has 3 rings (SSSR count). The van der Waals surface area contributed by atoms with Crippen LogP contribution in [0.15, 0.2) is 35.1 Å². The minimum absolute atomic E-state index is 0.157. The molecule has 1 amide bonds. The van der Waals surface area contributed by atoms with Gasteiger partial charge in [-0.15, -0.1) is 0 Å². The normalized spacial score (nSPS) is 18.0. The minimum atomic E-state index is -0.881. The van der Waals surface area contributed by atoms with Crippen molar-refractivity contribution in [3.63, 3.8) is 0 Å². The van der Waals surface area contributed by atoms with Crippen LogP contribution in [0.5, 0.6) is 0 Å². The number of amides is 1. The van der Waals surface area contributed by atoms with Crippen LogP contribution in [0.1, 0.15) is 23.3 Å². The molecule has 2 aromatic rings. The quantitative estimate of drug-likeness (QED) is 0.933. The molecule has 0 radical (unpaired) electrons. The first-order chi connectivity index (χ1) is 11.1. The molecule has 1 aromatic heterocycles. The van der Waals surface area contributed by atoms with Crippen LogP contribution in [0.25, 0.3) is 11.3 Å². The molecular weight excluding hydrogens is 320 g/mol. The molecule has 2 heterocycles. The van der Waals surface area contributed by atoms with Crippen LogP contribution >= 0.6 is 11.6 Å². The third kappa shape index (κ3) is 3.07. The second-order valence-corrected chi connectivity index (χ2v) is 5.85. The van der Waals surface area contributed by atoms with Crippen molar-refractivity contribution in [2.45, 2.75) is 12.8 Å². The maximum absolute atomic E-state index is 12.7. The number of carboxylic acid groups (broad SMARTS) is 1. The summed E-state index contributed by atoms with van der Waals surface area (Å²) >= 11 is 6.15. The molecule has 0 aliphatic carbocycles. The number of hydrogen-bond donors (Lipinski definition) is 1. The zero-order chi connectivity index (χ0) is 16.4. The van der Waals surface area contributed by atoms with E-state index in [1.165, 1.54) is 11.3 Å². The number of benzene rings is 1. The Kier molecular flexibility index (Phi) is 4.34. The van der Waals surface area contributed by atoms with Crippen LogP contribution in [-0.4, -0.2) is 40.0 Å². The Morgan fingerprint density at radius 3 is 2.87 bits per heavy atom. The van der Waals surface area contributed by atoms with E-state index in [2.05, 4.69) is 4.98 Å². The van der Waals surface area contributed by atoms with E-state index in [-0.39, 0.29) is 18.1 Å². The Morgan fingerprint density at radius 2 is 2.13 bits per heavy atom. The van der Waals surface area contributed by atoms with Crippen molar-refractivity contribution >= 4 is 23.5 Å². The third-order valence-electron chi connectivity index (χ3n) is 3.95. The summed E-state index contributed by atoms with van der Waals surface area (Å²) < 4.78 is 5.36. The van der Waals surface area contributed by atoms with E-state index in [0.717, 1.165) is 0 Å². The largest absolute Gasteiger partial charge is 0.481 e. The summed E-state index contributed by atoms with van der Waals surface area (Å²) in [6.07, 6.45) is 2.43. The second kappa shape index (κ2) is 6.42. The van der Waals surface area contributed by atoms with Crippen molar-refractivity contribution in [2.75, 3.05) is 13.1 Å². The summed E-state index contributed by atoms with van der Waals surface area (Å²) in [6.45, 7) is 0.695. The number of aromatic nitrogens is 1. The van der Waals surface area contributed by atoms with Crippen LogP contribution in [-0.2, 0) is 4.79 Å². The predicted molar refractivity (Wildman–Crippen MR) is 83.2 cm³/mol. The molecule has 1 atom stereocenters. The average molecular weight is 335 g/mol. The van der Waals surface area contributed by atoms with E-state index in [0.29, 0.717) is 35.7 Å².